The van der Waals surface area contributed by atoms with E-state index in [4.69, 9.17) is 10.00 Å². The van der Waals surface area contributed by atoms with Gasteiger partial charge in [-0.2, -0.15) is 5.26 Å². The van der Waals surface area contributed by atoms with E-state index in [2.05, 4.69) is 16.3 Å². The molecule has 0 unspecified atom stereocenters. The third-order valence-corrected chi connectivity index (χ3v) is 2.74. The molecule has 0 radical (unpaired) electrons. The van der Waals surface area contributed by atoms with Gasteiger partial charge in [0.15, 0.2) is 0 Å². The van der Waals surface area contributed by atoms with Crippen LogP contribution in [-0.2, 0) is 4.74 Å². The van der Waals surface area contributed by atoms with Crippen molar-refractivity contribution in [2.24, 2.45) is 0 Å². The summed E-state index contributed by atoms with van der Waals surface area (Å²) < 4.78 is 5.01. The molecule has 0 spiro atoms. The van der Waals surface area contributed by atoms with Gasteiger partial charge in [0, 0.05) is 20.2 Å². The van der Waals surface area contributed by atoms with Gasteiger partial charge in [0.25, 0.3) is 0 Å². The zero-order valence-electron chi connectivity index (χ0n) is 8.93. The number of aromatic nitrogens is 2. The molecule has 0 aliphatic rings. The van der Waals surface area contributed by atoms with Crippen LogP contribution in [0.2, 0.25) is 0 Å². The number of aryl methyl sites for hydroxylation is 1. The molecule has 0 saturated carbocycles. The minimum Gasteiger partial charge on any atom is -0.383 e. The molecule has 5 nitrogen and oxygen atoms in total. The van der Waals surface area contributed by atoms with E-state index in [0.29, 0.717) is 19.6 Å². The highest BCUT2D eigenvalue weighted by Crippen LogP contribution is 2.19. The van der Waals surface area contributed by atoms with Crippen LogP contribution in [0.1, 0.15) is 11.4 Å². The number of nitrogens with zero attached hydrogens (tertiary/aromatic N) is 4. The van der Waals surface area contributed by atoms with E-state index in [1.807, 2.05) is 11.8 Å². The average molecular weight is 226 g/mol. The maximum Gasteiger partial charge on any atom is 0.208 e. The van der Waals surface area contributed by atoms with Gasteiger partial charge in [-0.1, -0.05) is 11.3 Å². The molecule has 6 heteroatoms. The minimum absolute atomic E-state index is 0.488. The molecule has 0 amide bonds. The van der Waals surface area contributed by atoms with Crippen LogP contribution in [-0.4, -0.2) is 37.0 Å². The standard InChI is InChI=1S/C9H14N4OS/c1-8-11-12-9(15-8)13(5-3-4-10)6-7-14-2/h3,5-7H2,1-2H3. The van der Waals surface area contributed by atoms with Crippen LogP contribution in [0.3, 0.4) is 0 Å². The van der Waals surface area contributed by atoms with Crippen molar-refractivity contribution in [1.29, 1.82) is 5.26 Å². The van der Waals surface area contributed by atoms with Gasteiger partial charge < -0.3 is 9.64 Å². The summed E-state index contributed by atoms with van der Waals surface area (Å²) >= 11 is 1.54. The van der Waals surface area contributed by atoms with Gasteiger partial charge in [0.05, 0.1) is 19.1 Å². The summed E-state index contributed by atoms with van der Waals surface area (Å²) in [6.07, 6.45) is 0.488. The first-order chi connectivity index (χ1) is 7.27. The SMILES string of the molecule is COCCN(CCC#N)c1nnc(C)s1. The van der Waals surface area contributed by atoms with Crippen molar-refractivity contribution in [3.8, 4) is 6.07 Å². The molecule has 0 fully saturated rings. The number of ether oxygens (including phenoxy) is 1. The largest absolute Gasteiger partial charge is 0.383 e. The van der Waals surface area contributed by atoms with Crippen molar-refractivity contribution in [3.63, 3.8) is 0 Å². The van der Waals surface area contributed by atoms with Crippen LogP contribution in [0, 0.1) is 18.3 Å². The summed E-state index contributed by atoms with van der Waals surface area (Å²) in [7, 11) is 1.66. The third kappa shape index (κ3) is 3.81. The summed E-state index contributed by atoms with van der Waals surface area (Å²) in [5.41, 5.74) is 0. The topological polar surface area (TPSA) is 62.0 Å². The predicted octanol–water partition coefficient (Wildman–Crippen LogP) is 1.21. The number of anilines is 1. The average Bonchev–Trinajstić information content (AvgIpc) is 2.65. The van der Waals surface area contributed by atoms with E-state index < -0.39 is 0 Å². The second kappa shape index (κ2) is 6.32. The van der Waals surface area contributed by atoms with Crippen LogP contribution in [0.4, 0.5) is 5.13 Å². The lowest BCUT2D eigenvalue weighted by molar-refractivity contribution is 0.205. The Hall–Kier alpha value is -1.19. The number of methoxy groups -OCH3 is 1. The fourth-order valence-corrected chi connectivity index (χ4v) is 1.84. The van der Waals surface area contributed by atoms with Crippen LogP contribution in [0.5, 0.6) is 0 Å². The summed E-state index contributed by atoms with van der Waals surface area (Å²) in [5.74, 6) is 0. The molecule has 1 heterocycles. The van der Waals surface area contributed by atoms with Crippen molar-refractivity contribution in [1.82, 2.24) is 10.2 Å². The fraction of sp³-hybridized carbons (Fsp3) is 0.667. The Bertz CT molecular complexity index is 333. The first kappa shape index (κ1) is 11.9. The highest BCUT2D eigenvalue weighted by atomic mass is 32.1. The zero-order chi connectivity index (χ0) is 11.1. The molecular weight excluding hydrogens is 212 g/mol. The maximum atomic E-state index is 8.55. The van der Waals surface area contributed by atoms with E-state index in [-0.39, 0.29) is 0 Å². The van der Waals surface area contributed by atoms with Gasteiger partial charge in [-0.25, -0.2) is 0 Å². The molecule has 0 atom stereocenters. The summed E-state index contributed by atoms with van der Waals surface area (Å²) in [6, 6.07) is 2.13. The van der Waals surface area contributed by atoms with Gasteiger partial charge in [-0.15, -0.1) is 10.2 Å². The summed E-state index contributed by atoms with van der Waals surface area (Å²) in [4.78, 5) is 2.03. The highest BCUT2D eigenvalue weighted by Gasteiger charge is 2.10. The molecule has 0 aliphatic heterocycles. The Morgan fingerprint density at radius 3 is 2.80 bits per heavy atom. The first-order valence-corrected chi connectivity index (χ1v) is 5.50. The lowest BCUT2D eigenvalue weighted by Crippen LogP contribution is -2.28. The first-order valence-electron chi connectivity index (χ1n) is 4.69. The van der Waals surface area contributed by atoms with Crippen molar-refractivity contribution in [2.75, 3.05) is 31.7 Å². The van der Waals surface area contributed by atoms with Gasteiger partial charge >= 0.3 is 0 Å². The van der Waals surface area contributed by atoms with Crippen LogP contribution < -0.4 is 4.90 Å². The lowest BCUT2D eigenvalue weighted by Gasteiger charge is -2.18. The third-order valence-electron chi connectivity index (χ3n) is 1.84. The minimum atomic E-state index is 0.488. The summed E-state index contributed by atoms with van der Waals surface area (Å²) in [5, 5.41) is 18.4. The van der Waals surface area contributed by atoms with Crippen molar-refractivity contribution >= 4 is 16.5 Å². The molecule has 1 rings (SSSR count). The van der Waals surface area contributed by atoms with Gasteiger partial charge in [0.1, 0.15) is 5.01 Å². The van der Waals surface area contributed by atoms with Gasteiger partial charge in [0.2, 0.25) is 5.13 Å². The number of hydrogen-bond acceptors (Lipinski definition) is 6. The summed E-state index contributed by atoms with van der Waals surface area (Å²) in [6.45, 7) is 3.96. The quantitative estimate of drug-likeness (QED) is 0.729. The van der Waals surface area contributed by atoms with E-state index >= 15 is 0 Å². The van der Waals surface area contributed by atoms with E-state index in [1.165, 1.54) is 11.3 Å². The molecule has 1 aromatic rings. The molecule has 0 N–H and O–H groups in total. The predicted molar refractivity (Wildman–Crippen MR) is 59.0 cm³/mol. The maximum absolute atomic E-state index is 8.55. The molecule has 15 heavy (non-hydrogen) atoms. The van der Waals surface area contributed by atoms with E-state index in [9.17, 15) is 0 Å². The molecule has 0 aromatic carbocycles. The normalized spacial score (nSPS) is 9.93. The molecular formula is C9H14N4OS. The molecule has 1 aromatic heterocycles. The monoisotopic (exact) mass is 226 g/mol. The van der Waals surface area contributed by atoms with Gasteiger partial charge in [-0.05, 0) is 6.92 Å². The van der Waals surface area contributed by atoms with Crippen molar-refractivity contribution in [2.45, 2.75) is 13.3 Å². The molecule has 0 bridgehead atoms. The number of nitriles is 1. The van der Waals surface area contributed by atoms with Crippen LogP contribution in [0.25, 0.3) is 0 Å². The number of hydrogen-bond donors (Lipinski definition) is 0. The zero-order valence-corrected chi connectivity index (χ0v) is 9.75. The van der Waals surface area contributed by atoms with Crippen LogP contribution in [0.15, 0.2) is 0 Å². The fourth-order valence-electron chi connectivity index (χ4n) is 1.10. The molecule has 0 saturated heterocycles. The van der Waals surface area contributed by atoms with Crippen molar-refractivity contribution < 1.29 is 4.74 Å². The Morgan fingerprint density at radius 2 is 2.27 bits per heavy atom. The smallest absolute Gasteiger partial charge is 0.208 e. The van der Waals surface area contributed by atoms with Gasteiger partial charge in [-0.3, -0.25) is 0 Å². The van der Waals surface area contributed by atoms with E-state index in [0.717, 1.165) is 16.7 Å². The molecule has 0 aliphatic carbocycles. The second-order valence-electron chi connectivity index (χ2n) is 2.99. The van der Waals surface area contributed by atoms with E-state index in [1.54, 1.807) is 7.11 Å². The Labute approximate surface area is 93.3 Å². The van der Waals surface area contributed by atoms with Crippen LogP contribution >= 0.6 is 11.3 Å². The lowest BCUT2D eigenvalue weighted by atomic mass is 10.4. The Kier molecular flexibility index (Phi) is 5.01. The number of rotatable bonds is 6. The molecule has 82 valence electrons. The Balaban J connectivity index is 2.59. The highest BCUT2D eigenvalue weighted by molar-refractivity contribution is 7.15. The Morgan fingerprint density at radius 1 is 1.47 bits per heavy atom. The van der Waals surface area contributed by atoms with Crippen molar-refractivity contribution in [3.05, 3.63) is 5.01 Å². The second-order valence-corrected chi connectivity index (χ2v) is 4.15.